The van der Waals surface area contributed by atoms with Crippen LogP contribution in [0.5, 0.6) is 23.1 Å². The topological polar surface area (TPSA) is 94.7 Å². The van der Waals surface area contributed by atoms with E-state index in [4.69, 9.17) is 18.9 Å². The lowest BCUT2D eigenvalue weighted by atomic mass is 10.2. The quantitative estimate of drug-likeness (QED) is 0.561. The van der Waals surface area contributed by atoms with Crippen LogP contribution < -0.4 is 24.3 Å². The lowest BCUT2D eigenvalue weighted by molar-refractivity contribution is 0.0946. The molecular formula is C22H25N3O5. The third-order valence-electron chi connectivity index (χ3n) is 5.10. The van der Waals surface area contributed by atoms with E-state index in [1.165, 1.54) is 12.8 Å². The van der Waals surface area contributed by atoms with Crippen LogP contribution in [0, 0.1) is 5.92 Å². The van der Waals surface area contributed by atoms with E-state index in [0.717, 1.165) is 17.6 Å². The normalized spacial score (nSPS) is 13.2. The van der Waals surface area contributed by atoms with Crippen molar-refractivity contribution in [2.45, 2.75) is 19.4 Å². The number of hydrogen-bond acceptors (Lipinski definition) is 6. The predicted octanol–water partition coefficient (Wildman–Crippen LogP) is 3.31. The molecule has 0 atom stereocenters. The molecule has 1 aliphatic carbocycles. The number of aromatic nitrogens is 2. The van der Waals surface area contributed by atoms with E-state index in [-0.39, 0.29) is 5.91 Å². The smallest absolute Gasteiger partial charge is 0.268 e. The molecule has 3 aromatic rings. The van der Waals surface area contributed by atoms with Gasteiger partial charge in [-0.1, -0.05) is 6.07 Å². The van der Waals surface area contributed by atoms with Crippen molar-refractivity contribution in [1.82, 2.24) is 15.3 Å². The van der Waals surface area contributed by atoms with Gasteiger partial charge in [0, 0.05) is 30.3 Å². The van der Waals surface area contributed by atoms with Gasteiger partial charge in [0.2, 0.25) is 5.88 Å². The molecule has 1 aromatic carbocycles. The third kappa shape index (κ3) is 4.12. The van der Waals surface area contributed by atoms with Crippen LogP contribution in [0.3, 0.4) is 0 Å². The molecule has 158 valence electrons. The standard InChI is InChI=1S/C22H25N3O5/c1-27-17-9-18(28-2)21(29-3)20-15(17)8-16(25-20)22(26)24-11-14-6-7-19(23-10-14)30-12-13-4-5-13/h6-10,13,25H,4-5,11-12H2,1-3H3,(H,24,26). The number of benzene rings is 1. The first-order valence-corrected chi connectivity index (χ1v) is 9.80. The third-order valence-corrected chi connectivity index (χ3v) is 5.10. The van der Waals surface area contributed by atoms with E-state index in [0.29, 0.717) is 46.8 Å². The summed E-state index contributed by atoms with van der Waals surface area (Å²) in [6.07, 6.45) is 4.19. The van der Waals surface area contributed by atoms with Gasteiger partial charge in [0.15, 0.2) is 11.5 Å². The van der Waals surface area contributed by atoms with Crippen molar-refractivity contribution in [3.8, 4) is 23.1 Å². The van der Waals surface area contributed by atoms with Crippen molar-refractivity contribution in [2.75, 3.05) is 27.9 Å². The number of nitrogens with one attached hydrogen (secondary N) is 2. The van der Waals surface area contributed by atoms with Gasteiger partial charge in [0.05, 0.1) is 33.5 Å². The molecular weight excluding hydrogens is 386 g/mol. The maximum atomic E-state index is 12.7. The molecule has 1 amide bonds. The Morgan fingerprint density at radius 2 is 1.93 bits per heavy atom. The van der Waals surface area contributed by atoms with E-state index in [2.05, 4.69) is 15.3 Å². The largest absolute Gasteiger partial charge is 0.496 e. The molecule has 2 N–H and O–H groups in total. The number of fused-ring (bicyclic) bond motifs is 1. The van der Waals surface area contributed by atoms with Gasteiger partial charge < -0.3 is 29.2 Å². The van der Waals surface area contributed by atoms with Crippen LogP contribution in [0.2, 0.25) is 0 Å². The fraction of sp³-hybridized carbons (Fsp3) is 0.364. The highest BCUT2D eigenvalue weighted by Crippen LogP contribution is 2.41. The molecule has 0 bridgehead atoms. The van der Waals surface area contributed by atoms with Crippen molar-refractivity contribution in [3.05, 3.63) is 41.7 Å². The summed E-state index contributed by atoms with van der Waals surface area (Å²) in [7, 11) is 4.67. The van der Waals surface area contributed by atoms with E-state index >= 15 is 0 Å². The summed E-state index contributed by atoms with van der Waals surface area (Å²) in [6.45, 7) is 1.07. The average Bonchev–Trinajstić information content (AvgIpc) is 3.51. The van der Waals surface area contributed by atoms with E-state index in [1.54, 1.807) is 39.7 Å². The molecule has 8 heteroatoms. The van der Waals surface area contributed by atoms with Crippen LogP contribution in [0.4, 0.5) is 0 Å². The second kappa shape index (κ2) is 8.52. The fourth-order valence-electron chi connectivity index (χ4n) is 3.23. The molecule has 4 rings (SSSR count). The molecule has 1 fully saturated rings. The Hall–Kier alpha value is -3.42. The number of amides is 1. The van der Waals surface area contributed by atoms with Crippen LogP contribution in [0.1, 0.15) is 28.9 Å². The van der Waals surface area contributed by atoms with E-state index in [1.807, 2.05) is 12.1 Å². The zero-order valence-corrected chi connectivity index (χ0v) is 17.3. The summed E-state index contributed by atoms with van der Waals surface area (Å²) in [5, 5.41) is 3.63. The molecule has 2 heterocycles. The van der Waals surface area contributed by atoms with Gasteiger partial charge in [-0.15, -0.1) is 0 Å². The summed E-state index contributed by atoms with van der Waals surface area (Å²) in [4.78, 5) is 20.1. The van der Waals surface area contributed by atoms with Crippen LogP contribution in [0.25, 0.3) is 10.9 Å². The minimum Gasteiger partial charge on any atom is -0.496 e. The molecule has 8 nitrogen and oxygen atoms in total. The lowest BCUT2D eigenvalue weighted by Crippen LogP contribution is -2.23. The minimum absolute atomic E-state index is 0.247. The monoisotopic (exact) mass is 411 g/mol. The molecule has 30 heavy (non-hydrogen) atoms. The van der Waals surface area contributed by atoms with Gasteiger partial charge in [-0.2, -0.15) is 0 Å². The van der Waals surface area contributed by atoms with Crippen LogP contribution in [-0.4, -0.2) is 43.8 Å². The molecule has 1 saturated carbocycles. The van der Waals surface area contributed by atoms with Gasteiger partial charge >= 0.3 is 0 Å². The minimum atomic E-state index is -0.247. The van der Waals surface area contributed by atoms with Gasteiger partial charge in [-0.25, -0.2) is 4.98 Å². The molecule has 0 spiro atoms. The number of nitrogens with zero attached hydrogens (tertiary/aromatic N) is 1. The number of aromatic amines is 1. The van der Waals surface area contributed by atoms with Gasteiger partial charge in [0.25, 0.3) is 5.91 Å². The number of pyridine rings is 1. The SMILES string of the molecule is COc1cc(OC)c2cc(C(=O)NCc3ccc(OCC4CC4)nc3)[nH]c2c1OC. The number of ether oxygens (including phenoxy) is 4. The molecule has 0 aliphatic heterocycles. The Labute approximate surface area is 174 Å². The Bertz CT molecular complexity index is 1040. The zero-order valence-electron chi connectivity index (χ0n) is 17.3. The van der Waals surface area contributed by atoms with Gasteiger partial charge in [-0.3, -0.25) is 4.79 Å². The Morgan fingerprint density at radius 3 is 2.57 bits per heavy atom. The Morgan fingerprint density at radius 1 is 1.13 bits per heavy atom. The highest BCUT2D eigenvalue weighted by atomic mass is 16.5. The van der Waals surface area contributed by atoms with Crippen molar-refractivity contribution in [2.24, 2.45) is 5.92 Å². The van der Waals surface area contributed by atoms with Gasteiger partial charge in [-0.05, 0) is 30.4 Å². The van der Waals surface area contributed by atoms with E-state index < -0.39 is 0 Å². The summed E-state index contributed by atoms with van der Waals surface area (Å²) in [5.41, 5.74) is 1.92. The number of methoxy groups -OCH3 is 3. The van der Waals surface area contributed by atoms with Gasteiger partial charge in [0.1, 0.15) is 11.4 Å². The Kier molecular flexibility index (Phi) is 5.65. The van der Waals surface area contributed by atoms with Crippen molar-refractivity contribution < 1.29 is 23.7 Å². The zero-order chi connectivity index (χ0) is 21.1. The average molecular weight is 411 g/mol. The first kappa shape index (κ1) is 19.9. The summed E-state index contributed by atoms with van der Waals surface area (Å²) >= 11 is 0. The molecule has 1 aliphatic rings. The summed E-state index contributed by atoms with van der Waals surface area (Å²) in [5.74, 6) is 2.66. The van der Waals surface area contributed by atoms with E-state index in [9.17, 15) is 4.79 Å². The number of H-pyrrole nitrogens is 1. The molecule has 2 aromatic heterocycles. The van der Waals surface area contributed by atoms with Crippen LogP contribution >= 0.6 is 0 Å². The number of carbonyl (C=O) groups excluding carboxylic acids is 1. The second-order valence-corrected chi connectivity index (χ2v) is 7.23. The van der Waals surface area contributed by atoms with Crippen molar-refractivity contribution in [3.63, 3.8) is 0 Å². The number of carbonyl (C=O) groups is 1. The van der Waals surface area contributed by atoms with Crippen LogP contribution in [-0.2, 0) is 6.54 Å². The summed E-state index contributed by atoms with van der Waals surface area (Å²) in [6, 6.07) is 7.19. The maximum absolute atomic E-state index is 12.7. The first-order chi connectivity index (χ1) is 14.6. The lowest BCUT2D eigenvalue weighted by Gasteiger charge is -2.11. The molecule has 0 radical (unpaired) electrons. The number of hydrogen-bond donors (Lipinski definition) is 2. The second-order valence-electron chi connectivity index (χ2n) is 7.23. The predicted molar refractivity (Wildman–Crippen MR) is 112 cm³/mol. The fourth-order valence-corrected chi connectivity index (χ4v) is 3.23. The molecule has 0 unspecified atom stereocenters. The summed E-state index contributed by atoms with van der Waals surface area (Å²) < 4.78 is 21.9. The maximum Gasteiger partial charge on any atom is 0.268 e. The molecule has 0 saturated heterocycles. The highest BCUT2D eigenvalue weighted by Gasteiger charge is 2.22. The highest BCUT2D eigenvalue weighted by molar-refractivity contribution is 6.02. The Balaban J connectivity index is 1.46. The van der Waals surface area contributed by atoms with Crippen molar-refractivity contribution >= 4 is 16.8 Å². The first-order valence-electron chi connectivity index (χ1n) is 9.80. The number of rotatable bonds is 9. The van der Waals surface area contributed by atoms with Crippen LogP contribution in [0.15, 0.2) is 30.5 Å². The van der Waals surface area contributed by atoms with Crippen molar-refractivity contribution in [1.29, 1.82) is 0 Å².